The van der Waals surface area contributed by atoms with Crippen LogP contribution in [0.4, 0.5) is 5.69 Å². The summed E-state index contributed by atoms with van der Waals surface area (Å²) in [5.41, 5.74) is 1.67. The Labute approximate surface area is 143 Å². The standard InChI is InChI=1S/C18H22N2O3S/c1-13(2)12-19-18(21)15-8-6-9-16(11-15)24(22,23)20-17-10-5-4-7-14(17)3/h4-11,13,20H,12H2,1-3H3,(H,19,21). The number of sulfonamides is 1. The van der Waals surface area contributed by atoms with Crippen molar-refractivity contribution in [3.05, 3.63) is 59.7 Å². The Hall–Kier alpha value is -2.34. The van der Waals surface area contributed by atoms with Crippen molar-refractivity contribution in [2.45, 2.75) is 25.7 Å². The van der Waals surface area contributed by atoms with Gasteiger partial charge in [0.05, 0.1) is 10.6 Å². The lowest BCUT2D eigenvalue weighted by Gasteiger charge is -2.12. The highest BCUT2D eigenvalue weighted by molar-refractivity contribution is 7.92. The van der Waals surface area contributed by atoms with E-state index in [2.05, 4.69) is 10.0 Å². The van der Waals surface area contributed by atoms with Crippen LogP contribution in [-0.4, -0.2) is 20.9 Å². The predicted molar refractivity (Wildman–Crippen MR) is 95.6 cm³/mol. The molecule has 0 fully saturated rings. The molecule has 0 saturated heterocycles. The molecule has 0 aliphatic rings. The second-order valence-corrected chi connectivity index (χ2v) is 7.73. The maximum atomic E-state index is 12.6. The van der Waals surface area contributed by atoms with Gasteiger partial charge in [-0.2, -0.15) is 0 Å². The first-order valence-corrected chi connectivity index (χ1v) is 9.24. The van der Waals surface area contributed by atoms with Crippen LogP contribution in [0.15, 0.2) is 53.4 Å². The van der Waals surface area contributed by atoms with Crippen molar-refractivity contribution < 1.29 is 13.2 Å². The van der Waals surface area contributed by atoms with E-state index in [0.717, 1.165) is 5.56 Å². The van der Waals surface area contributed by atoms with Crippen molar-refractivity contribution in [2.75, 3.05) is 11.3 Å². The number of para-hydroxylation sites is 1. The number of carbonyl (C=O) groups excluding carboxylic acids is 1. The summed E-state index contributed by atoms with van der Waals surface area (Å²) in [4.78, 5) is 12.2. The van der Waals surface area contributed by atoms with Gasteiger partial charge >= 0.3 is 0 Å². The Morgan fingerprint density at radius 1 is 1.08 bits per heavy atom. The maximum Gasteiger partial charge on any atom is 0.261 e. The lowest BCUT2D eigenvalue weighted by Crippen LogP contribution is -2.27. The molecule has 128 valence electrons. The van der Waals surface area contributed by atoms with Crippen LogP contribution in [0, 0.1) is 12.8 Å². The molecule has 0 aliphatic carbocycles. The predicted octanol–water partition coefficient (Wildman–Crippen LogP) is 3.18. The number of nitrogens with one attached hydrogen (secondary N) is 2. The van der Waals surface area contributed by atoms with E-state index < -0.39 is 10.0 Å². The SMILES string of the molecule is Cc1ccccc1NS(=O)(=O)c1cccc(C(=O)NCC(C)C)c1. The van der Waals surface area contributed by atoms with Crippen LogP contribution in [0.3, 0.4) is 0 Å². The Morgan fingerprint density at radius 2 is 1.79 bits per heavy atom. The number of anilines is 1. The smallest absolute Gasteiger partial charge is 0.261 e. The summed E-state index contributed by atoms with van der Waals surface area (Å²) in [6.07, 6.45) is 0. The van der Waals surface area contributed by atoms with E-state index in [1.165, 1.54) is 12.1 Å². The summed E-state index contributed by atoms with van der Waals surface area (Å²) >= 11 is 0. The molecule has 2 rings (SSSR count). The van der Waals surface area contributed by atoms with E-state index in [9.17, 15) is 13.2 Å². The highest BCUT2D eigenvalue weighted by Crippen LogP contribution is 2.20. The average molecular weight is 346 g/mol. The molecule has 0 heterocycles. The van der Waals surface area contributed by atoms with Crippen LogP contribution in [0.25, 0.3) is 0 Å². The van der Waals surface area contributed by atoms with E-state index in [1.54, 1.807) is 24.3 Å². The first-order valence-electron chi connectivity index (χ1n) is 7.76. The molecule has 24 heavy (non-hydrogen) atoms. The van der Waals surface area contributed by atoms with Gasteiger partial charge in [-0.1, -0.05) is 38.1 Å². The minimum Gasteiger partial charge on any atom is -0.352 e. The van der Waals surface area contributed by atoms with Gasteiger partial charge in [0.15, 0.2) is 0 Å². The molecule has 0 radical (unpaired) electrons. The lowest BCUT2D eigenvalue weighted by atomic mass is 10.2. The van der Waals surface area contributed by atoms with Gasteiger partial charge in [-0.15, -0.1) is 0 Å². The topological polar surface area (TPSA) is 75.3 Å². The number of amides is 1. The van der Waals surface area contributed by atoms with Crippen molar-refractivity contribution in [3.63, 3.8) is 0 Å². The zero-order valence-electron chi connectivity index (χ0n) is 14.0. The second-order valence-electron chi connectivity index (χ2n) is 6.05. The van der Waals surface area contributed by atoms with E-state index in [1.807, 2.05) is 32.9 Å². The fourth-order valence-electron chi connectivity index (χ4n) is 2.09. The van der Waals surface area contributed by atoms with E-state index in [0.29, 0.717) is 23.7 Å². The Bertz CT molecular complexity index is 830. The highest BCUT2D eigenvalue weighted by Gasteiger charge is 2.17. The van der Waals surface area contributed by atoms with E-state index in [4.69, 9.17) is 0 Å². The Kier molecular flexibility index (Phi) is 5.62. The summed E-state index contributed by atoms with van der Waals surface area (Å²) < 4.78 is 27.7. The van der Waals surface area contributed by atoms with Crippen LogP contribution in [0.2, 0.25) is 0 Å². The van der Waals surface area contributed by atoms with Crippen molar-refractivity contribution in [1.29, 1.82) is 0 Å². The van der Waals surface area contributed by atoms with Crippen LogP contribution < -0.4 is 10.0 Å². The lowest BCUT2D eigenvalue weighted by molar-refractivity contribution is 0.0949. The van der Waals surface area contributed by atoms with Gasteiger partial charge in [0, 0.05) is 12.1 Å². The van der Waals surface area contributed by atoms with Gasteiger partial charge in [-0.3, -0.25) is 9.52 Å². The van der Waals surface area contributed by atoms with E-state index in [-0.39, 0.29) is 10.8 Å². The molecule has 2 aromatic rings. The second kappa shape index (κ2) is 7.49. The summed E-state index contributed by atoms with van der Waals surface area (Å²) in [6.45, 7) is 6.35. The normalized spacial score (nSPS) is 11.3. The van der Waals surface area contributed by atoms with Crippen LogP contribution in [0.1, 0.15) is 29.8 Å². The Morgan fingerprint density at radius 3 is 2.46 bits per heavy atom. The molecule has 6 heteroatoms. The van der Waals surface area contributed by atoms with Crippen molar-refractivity contribution in [3.8, 4) is 0 Å². The summed E-state index contributed by atoms with van der Waals surface area (Å²) in [5, 5.41) is 2.78. The van der Waals surface area contributed by atoms with Gasteiger partial charge < -0.3 is 5.32 Å². The molecule has 1 amide bonds. The van der Waals surface area contributed by atoms with Gasteiger partial charge in [0.1, 0.15) is 0 Å². The number of hydrogen-bond acceptors (Lipinski definition) is 3. The van der Waals surface area contributed by atoms with Crippen LogP contribution in [-0.2, 0) is 10.0 Å². The number of benzene rings is 2. The third-order valence-corrected chi connectivity index (χ3v) is 4.83. The quantitative estimate of drug-likeness (QED) is 0.843. The van der Waals surface area contributed by atoms with Crippen molar-refractivity contribution in [2.24, 2.45) is 5.92 Å². The molecule has 2 aromatic carbocycles. The molecular weight excluding hydrogens is 324 g/mol. The number of rotatable bonds is 6. The Balaban J connectivity index is 2.23. The first kappa shape index (κ1) is 18.0. The molecule has 0 unspecified atom stereocenters. The summed E-state index contributed by atoms with van der Waals surface area (Å²) in [7, 11) is -3.75. The first-order chi connectivity index (χ1) is 11.3. The fourth-order valence-corrected chi connectivity index (χ4v) is 3.27. The number of hydrogen-bond donors (Lipinski definition) is 2. The minimum absolute atomic E-state index is 0.0583. The zero-order valence-corrected chi connectivity index (χ0v) is 14.9. The van der Waals surface area contributed by atoms with Gasteiger partial charge in [-0.05, 0) is 42.7 Å². The molecule has 0 bridgehead atoms. The summed E-state index contributed by atoms with van der Waals surface area (Å²) in [5.74, 6) is 0.0419. The minimum atomic E-state index is -3.75. The average Bonchev–Trinajstić information content (AvgIpc) is 2.54. The molecule has 0 aromatic heterocycles. The molecule has 0 spiro atoms. The molecule has 0 saturated carbocycles. The largest absolute Gasteiger partial charge is 0.352 e. The van der Waals surface area contributed by atoms with Gasteiger partial charge in [0.2, 0.25) is 0 Å². The van der Waals surface area contributed by atoms with Gasteiger partial charge in [0.25, 0.3) is 15.9 Å². The van der Waals surface area contributed by atoms with Crippen molar-refractivity contribution >= 4 is 21.6 Å². The zero-order chi connectivity index (χ0) is 17.7. The molecular formula is C18H22N2O3S. The third-order valence-electron chi connectivity index (χ3n) is 3.47. The molecule has 0 atom stereocenters. The number of aryl methyl sites for hydroxylation is 1. The van der Waals surface area contributed by atoms with Crippen LogP contribution in [0.5, 0.6) is 0 Å². The van der Waals surface area contributed by atoms with Crippen LogP contribution >= 0.6 is 0 Å². The van der Waals surface area contributed by atoms with Gasteiger partial charge in [-0.25, -0.2) is 8.42 Å². The molecule has 0 aliphatic heterocycles. The fraction of sp³-hybridized carbons (Fsp3) is 0.278. The third kappa shape index (κ3) is 4.58. The highest BCUT2D eigenvalue weighted by atomic mass is 32.2. The molecule has 5 nitrogen and oxygen atoms in total. The number of carbonyl (C=O) groups is 1. The monoisotopic (exact) mass is 346 g/mol. The van der Waals surface area contributed by atoms with E-state index >= 15 is 0 Å². The summed E-state index contributed by atoms with van der Waals surface area (Å²) in [6, 6.07) is 13.2. The van der Waals surface area contributed by atoms with Crippen molar-refractivity contribution in [1.82, 2.24) is 5.32 Å². The maximum absolute atomic E-state index is 12.6. The molecule has 2 N–H and O–H groups in total.